The summed E-state index contributed by atoms with van der Waals surface area (Å²) in [5.41, 5.74) is 2.31. The molecule has 0 radical (unpaired) electrons. The van der Waals surface area contributed by atoms with Gasteiger partial charge in [0.05, 0.1) is 13.0 Å². The van der Waals surface area contributed by atoms with Gasteiger partial charge in [0, 0.05) is 12.6 Å². The summed E-state index contributed by atoms with van der Waals surface area (Å²) in [5.74, 6) is -0.808. The number of benzene rings is 1. The Balaban J connectivity index is 2.70. The zero-order valence-corrected chi connectivity index (χ0v) is 11.0. The van der Waals surface area contributed by atoms with Crippen LogP contribution in [0.3, 0.4) is 0 Å². The Labute approximate surface area is 108 Å². The Morgan fingerprint density at radius 2 is 1.94 bits per heavy atom. The summed E-state index contributed by atoms with van der Waals surface area (Å²) < 4.78 is 0. The molecule has 100 valence electrons. The summed E-state index contributed by atoms with van der Waals surface area (Å²) >= 11 is 0. The molecule has 18 heavy (non-hydrogen) atoms. The highest BCUT2D eigenvalue weighted by Gasteiger charge is 2.18. The predicted octanol–water partition coefficient (Wildman–Crippen LogP) is 1.30. The third-order valence-electron chi connectivity index (χ3n) is 3.08. The van der Waals surface area contributed by atoms with Crippen molar-refractivity contribution < 1.29 is 15.0 Å². The maximum absolute atomic E-state index is 10.9. The van der Waals surface area contributed by atoms with Crippen molar-refractivity contribution in [1.82, 2.24) is 4.90 Å². The van der Waals surface area contributed by atoms with Crippen molar-refractivity contribution in [2.24, 2.45) is 0 Å². The molecule has 1 aromatic rings. The maximum atomic E-state index is 10.9. The number of nitrogens with zero attached hydrogens (tertiary/aromatic N) is 1. The van der Waals surface area contributed by atoms with Crippen molar-refractivity contribution in [2.75, 3.05) is 20.2 Å². The molecule has 0 aliphatic carbocycles. The molecule has 0 heterocycles. The number of carbonyl (C=O) groups is 1. The van der Waals surface area contributed by atoms with Gasteiger partial charge in [0.1, 0.15) is 0 Å². The lowest BCUT2D eigenvalue weighted by Gasteiger charge is -2.26. The third-order valence-corrected chi connectivity index (χ3v) is 3.08. The first kappa shape index (κ1) is 14.7. The first-order chi connectivity index (χ1) is 8.52. The number of aliphatic carboxylic acids is 1. The smallest absolute Gasteiger partial charge is 0.304 e. The van der Waals surface area contributed by atoms with Gasteiger partial charge in [-0.15, -0.1) is 0 Å². The zero-order chi connectivity index (χ0) is 13.5. The largest absolute Gasteiger partial charge is 0.481 e. The Morgan fingerprint density at radius 1 is 1.33 bits per heavy atom. The second-order valence-electron chi connectivity index (χ2n) is 4.65. The minimum atomic E-state index is -0.808. The van der Waals surface area contributed by atoms with Gasteiger partial charge in [-0.3, -0.25) is 4.79 Å². The van der Waals surface area contributed by atoms with Gasteiger partial charge < -0.3 is 15.1 Å². The number of hydrogen-bond donors (Lipinski definition) is 2. The number of aliphatic hydroxyl groups excluding tert-OH is 1. The quantitative estimate of drug-likeness (QED) is 0.767. The average Bonchev–Trinajstić information content (AvgIpc) is 2.31. The highest BCUT2D eigenvalue weighted by molar-refractivity contribution is 5.67. The molecule has 0 saturated heterocycles. The molecule has 0 fully saturated rings. The molecule has 0 bridgehead atoms. The molecular weight excluding hydrogens is 230 g/mol. The molecule has 2 N–H and O–H groups in total. The fourth-order valence-corrected chi connectivity index (χ4v) is 1.92. The Morgan fingerprint density at radius 3 is 2.44 bits per heavy atom. The van der Waals surface area contributed by atoms with Crippen LogP contribution in [0.4, 0.5) is 0 Å². The van der Waals surface area contributed by atoms with Crippen LogP contribution in [0.25, 0.3) is 0 Å². The van der Waals surface area contributed by atoms with E-state index in [9.17, 15) is 4.79 Å². The third kappa shape index (κ3) is 4.85. The average molecular weight is 251 g/mol. The number of hydrogen-bond acceptors (Lipinski definition) is 3. The number of aryl methyl sites for hydroxylation is 1. The molecule has 1 aromatic carbocycles. The van der Waals surface area contributed by atoms with Crippen LogP contribution < -0.4 is 0 Å². The number of carboxylic acids is 1. The van der Waals surface area contributed by atoms with Crippen LogP contribution in [-0.4, -0.2) is 47.3 Å². The fourth-order valence-electron chi connectivity index (χ4n) is 1.92. The topological polar surface area (TPSA) is 60.8 Å². The van der Waals surface area contributed by atoms with E-state index in [1.807, 2.05) is 43.1 Å². The van der Waals surface area contributed by atoms with Crippen molar-refractivity contribution in [1.29, 1.82) is 0 Å². The van der Waals surface area contributed by atoms with Crippen LogP contribution in [0, 0.1) is 6.92 Å². The van der Waals surface area contributed by atoms with Crippen LogP contribution >= 0.6 is 0 Å². The van der Waals surface area contributed by atoms with Crippen molar-refractivity contribution >= 4 is 5.97 Å². The number of likely N-dealkylation sites (N-methyl/N-ethyl adjacent to an activating group) is 1. The Bertz CT molecular complexity index is 375. The lowest BCUT2D eigenvalue weighted by atomic mass is 10.0. The lowest BCUT2D eigenvalue weighted by molar-refractivity contribution is -0.138. The minimum absolute atomic E-state index is 0.0422. The van der Waals surface area contributed by atoms with Crippen LogP contribution in [0.2, 0.25) is 0 Å². The van der Waals surface area contributed by atoms with E-state index in [4.69, 9.17) is 10.2 Å². The van der Waals surface area contributed by atoms with Crippen LogP contribution in [0.1, 0.15) is 17.5 Å². The summed E-state index contributed by atoms with van der Waals surface area (Å²) in [6, 6.07) is 8.02. The molecule has 1 rings (SSSR count). The molecular formula is C14H21NO3. The highest BCUT2D eigenvalue weighted by atomic mass is 16.4. The van der Waals surface area contributed by atoms with Crippen LogP contribution in [-0.2, 0) is 11.2 Å². The van der Waals surface area contributed by atoms with Crippen molar-refractivity contribution in [3.8, 4) is 0 Å². The van der Waals surface area contributed by atoms with E-state index in [2.05, 4.69) is 0 Å². The summed E-state index contributed by atoms with van der Waals surface area (Å²) in [7, 11) is 1.85. The van der Waals surface area contributed by atoms with E-state index >= 15 is 0 Å². The van der Waals surface area contributed by atoms with E-state index in [1.165, 1.54) is 5.56 Å². The Kier molecular flexibility index (Phi) is 5.82. The van der Waals surface area contributed by atoms with Gasteiger partial charge in [-0.25, -0.2) is 0 Å². The van der Waals surface area contributed by atoms with E-state index in [1.54, 1.807) is 0 Å². The van der Waals surface area contributed by atoms with Crippen molar-refractivity contribution in [2.45, 2.75) is 25.8 Å². The minimum Gasteiger partial charge on any atom is -0.481 e. The molecule has 0 aromatic heterocycles. The number of rotatable bonds is 7. The normalized spacial score (nSPS) is 12.7. The first-order valence-corrected chi connectivity index (χ1v) is 6.11. The number of aliphatic hydroxyl groups is 1. The zero-order valence-electron chi connectivity index (χ0n) is 11.0. The van der Waals surface area contributed by atoms with Gasteiger partial charge >= 0.3 is 5.97 Å². The van der Waals surface area contributed by atoms with Gasteiger partial charge in [-0.05, 0) is 26.0 Å². The molecule has 0 spiro atoms. The SMILES string of the molecule is Cc1ccc(CC(CC(=O)O)N(C)CCO)cc1. The molecule has 1 atom stereocenters. The summed E-state index contributed by atoms with van der Waals surface area (Å²) in [6.45, 7) is 2.56. The van der Waals surface area contributed by atoms with Crippen molar-refractivity contribution in [3.05, 3.63) is 35.4 Å². The monoisotopic (exact) mass is 251 g/mol. The maximum Gasteiger partial charge on any atom is 0.304 e. The highest BCUT2D eigenvalue weighted by Crippen LogP contribution is 2.12. The molecule has 4 heteroatoms. The van der Waals surface area contributed by atoms with Gasteiger partial charge in [-0.2, -0.15) is 0 Å². The summed E-state index contributed by atoms with van der Waals surface area (Å²) in [6.07, 6.45) is 0.771. The molecule has 0 amide bonds. The van der Waals surface area contributed by atoms with E-state index in [0.717, 1.165) is 5.56 Å². The van der Waals surface area contributed by atoms with Crippen molar-refractivity contribution in [3.63, 3.8) is 0 Å². The number of carboxylic acid groups (broad SMARTS) is 1. The summed E-state index contributed by atoms with van der Waals surface area (Å²) in [5, 5.41) is 17.9. The second kappa shape index (κ2) is 7.13. The second-order valence-corrected chi connectivity index (χ2v) is 4.65. The first-order valence-electron chi connectivity index (χ1n) is 6.11. The van der Waals surface area contributed by atoms with E-state index in [-0.39, 0.29) is 19.1 Å². The van der Waals surface area contributed by atoms with Gasteiger partial charge in [0.2, 0.25) is 0 Å². The van der Waals surface area contributed by atoms with Gasteiger partial charge in [0.15, 0.2) is 0 Å². The van der Waals surface area contributed by atoms with Crippen LogP contribution in [0.5, 0.6) is 0 Å². The van der Waals surface area contributed by atoms with Gasteiger partial charge in [-0.1, -0.05) is 29.8 Å². The van der Waals surface area contributed by atoms with E-state index < -0.39 is 5.97 Å². The molecule has 4 nitrogen and oxygen atoms in total. The fraction of sp³-hybridized carbons (Fsp3) is 0.500. The molecule has 0 saturated carbocycles. The Hall–Kier alpha value is -1.39. The lowest BCUT2D eigenvalue weighted by Crippen LogP contribution is -2.37. The molecule has 1 unspecified atom stereocenters. The standard InChI is InChI=1S/C14H21NO3/c1-11-3-5-12(6-4-11)9-13(10-14(17)18)15(2)7-8-16/h3-6,13,16H,7-10H2,1-2H3,(H,17,18). The predicted molar refractivity (Wildman–Crippen MR) is 70.6 cm³/mol. The van der Waals surface area contributed by atoms with E-state index in [0.29, 0.717) is 13.0 Å². The van der Waals surface area contributed by atoms with Gasteiger partial charge in [0.25, 0.3) is 0 Å². The summed E-state index contributed by atoms with van der Waals surface area (Å²) in [4.78, 5) is 12.8. The molecule has 0 aliphatic rings. The van der Waals surface area contributed by atoms with Crippen LogP contribution in [0.15, 0.2) is 24.3 Å². The molecule has 0 aliphatic heterocycles.